The van der Waals surface area contributed by atoms with Crippen LogP contribution in [0.25, 0.3) is 0 Å². The van der Waals surface area contributed by atoms with E-state index < -0.39 is 27.8 Å². The Hall–Kier alpha value is -2.26. The number of anilines is 1. The summed E-state index contributed by atoms with van der Waals surface area (Å²) in [5.74, 6) is 4.57. The quantitative estimate of drug-likeness (QED) is 0.402. The molecule has 0 radical (unpaired) electrons. The first-order valence-corrected chi connectivity index (χ1v) is 16.7. The summed E-state index contributed by atoms with van der Waals surface area (Å²) < 4.78 is 22.2. The van der Waals surface area contributed by atoms with Crippen LogP contribution in [0.1, 0.15) is 66.4 Å². The number of nitrogens with zero attached hydrogens (tertiary/aromatic N) is 1. The first-order chi connectivity index (χ1) is 19.1. The number of nitrogens with one attached hydrogen (secondary N) is 1. The summed E-state index contributed by atoms with van der Waals surface area (Å²) in [6, 6.07) is 11.6. The zero-order valence-corrected chi connectivity index (χ0v) is 24.4. The highest BCUT2D eigenvalue weighted by atomic mass is 35.5. The van der Waals surface area contributed by atoms with Crippen LogP contribution in [0.4, 0.5) is 5.69 Å². The summed E-state index contributed by atoms with van der Waals surface area (Å²) in [5, 5.41) is 22.3. The molecule has 6 atom stereocenters. The third kappa shape index (κ3) is 5.48. The Labute approximate surface area is 242 Å². The maximum Gasteiger partial charge on any atom is 0.262 e. The number of amides is 1. The van der Waals surface area contributed by atoms with Crippen molar-refractivity contribution in [3.63, 3.8) is 0 Å². The number of aliphatic hydroxyl groups excluding tert-OH is 2. The Bertz CT molecular complexity index is 1400. The van der Waals surface area contributed by atoms with Gasteiger partial charge in [-0.1, -0.05) is 17.7 Å². The molecular weight excluding hydrogens is 548 g/mol. The predicted octanol–water partition coefficient (Wildman–Crippen LogP) is 4.11. The predicted molar refractivity (Wildman–Crippen MR) is 160 cm³/mol. The van der Waals surface area contributed by atoms with Crippen molar-refractivity contribution in [3.05, 3.63) is 58.1 Å². The van der Waals surface area contributed by atoms with Crippen LogP contribution in [0.15, 0.2) is 36.4 Å². The summed E-state index contributed by atoms with van der Waals surface area (Å²) in [4.78, 5) is 15.6. The largest absolute Gasteiger partial charge is 0.490 e. The van der Waals surface area contributed by atoms with Gasteiger partial charge in [0.25, 0.3) is 5.91 Å². The molecule has 7 nitrogen and oxygen atoms in total. The second-order valence-electron chi connectivity index (χ2n) is 12.3. The lowest BCUT2D eigenvalue weighted by molar-refractivity contribution is 0.00133. The molecule has 3 N–H and O–H groups in total. The van der Waals surface area contributed by atoms with Crippen LogP contribution in [-0.2, 0) is 21.5 Å². The molecule has 1 amide bonds. The molecule has 2 heterocycles. The number of carbonyl (C=O) groups is 1. The van der Waals surface area contributed by atoms with Crippen molar-refractivity contribution in [3.8, 4) is 5.75 Å². The van der Waals surface area contributed by atoms with E-state index in [4.69, 9.17) is 16.3 Å². The fourth-order valence-electron chi connectivity index (χ4n) is 7.19. The Morgan fingerprint density at radius 3 is 2.75 bits per heavy atom. The van der Waals surface area contributed by atoms with Gasteiger partial charge in [0.2, 0.25) is 0 Å². The van der Waals surface area contributed by atoms with Gasteiger partial charge in [-0.15, -0.1) is 0 Å². The maximum absolute atomic E-state index is 13.2. The molecule has 216 valence electrons. The standard InChI is InChI=1S/C31H39ClN2O5S/c1-40(38)14-12-24(35)7-10-28(36)25-8-4-22(25)17-34-18-31(13-2-3-20-15-23(32)6-9-26(20)31)19-39-29-11-5-21(16-27(29)34)30(37)33-40/h5-6,9,11,15-16,22,24-25,28,35-36H,1-4,7-8,10,12-14,17-19H2,(H,33,37,38)/t22-,24+,25+,28-,31-,40?/m0/s1. The third-order valence-corrected chi connectivity index (χ3v) is 11.3. The van der Waals surface area contributed by atoms with Crippen LogP contribution in [-0.4, -0.2) is 63.9 Å². The second-order valence-corrected chi connectivity index (χ2v) is 15.0. The SMILES string of the molecule is C=S1(=O)CC[C@H](O)CC[C@H](O)[C@@H]2CC[C@H]2CN2C[C@@]3(CCCc4cc(Cl)ccc43)COc3ccc(cc32)C(=O)N1. The highest BCUT2D eigenvalue weighted by molar-refractivity contribution is 7.99. The zero-order valence-electron chi connectivity index (χ0n) is 22.8. The lowest BCUT2D eigenvalue weighted by atomic mass is 9.68. The zero-order chi connectivity index (χ0) is 28.1. The normalized spacial score (nSPS) is 34.5. The van der Waals surface area contributed by atoms with E-state index >= 15 is 0 Å². The third-order valence-electron chi connectivity index (χ3n) is 9.58. The van der Waals surface area contributed by atoms with Gasteiger partial charge < -0.3 is 19.8 Å². The number of carbonyl (C=O) groups excluding carboxylic acids is 1. The molecule has 2 aromatic carbocycles. The van der Waals surface area contributed by atoms with E-state index in [1.54, 1.807) is 6.07 Å². The molecule has 1 unspecified atom stereocenters. The van der Waals surface area contributed by atoms with Crippen LogP contribution >= 0.6 is 11.6 Å². The smallest absolute Gasteiger partial charge is 0.262 e. The lowest BCUT2D eigenvalue weighted by Gasteiger charge is -2.46. The molecule has 0 saturated heterocycles. The number of fused-ring (bicyclic) bond motifs is 4. The molecule has 40 heavy (non-hydrogen) atoms. The van der Waals surface area contributed by atoms with Gasteiger partial charge in [-0.05, 0) is 111 Å². The van der Waals surface area contributed by atoms with Gasteiger partial charge in [-0.2, -0.15) is 0 Å². The van der Waals surface area contributed by atoms with Gasteiger partial charge in [0.15, 0.2) is 0 Å². The maximum atomic E-state index is 13.2. The number of hydrogen-bond donors (Lipinski definition) is 3. The Morgan fingerprint density at radius 1 is 1.10 bits per heavy atom. The topological polar surface area (TPSA) is 99.1 Å². The summed E-state index contributed by atoms with van der Waals surface area (Å²) >= 11 is 6.38. The summed E-state index contributed by atoms with van der Waals surface area (Å²) in [7, 11) is -2.94. The molecule has 0 aromatic heterocycles. The Morgan fingerprint density at radius 2 is 1.95 bits per heavy atom. The molecule has 1 saturated carbocycles. The monoisotopic (exact) mass is 586 g/mol. The minimum Gasteiger partial charge on any atom is -0.490 e. The molecule has 4 aliphatic rings. The van der Waals surface area contributed by atoms with E-state index in [2.05, 4.69) is 27.6 Å². The minimum absolute atomic E-state index is 0.0776. The molecule has 1 fully saturated rings. The van der Waals surface area contributed by atoms with E-state index in [1.165, 1.54) is 11.1 Å². The first-order valence-electron chi connectivity index (χ1n) is 14.5. The number of rotatable bonds is 0. The molecular formula is C31H39ClN2O5S. The molecule has 2 aliphatic carbocycles. The van der Waals surface area contributed by atoms with Crippen LogP contribution in [0.3, 0.4) is 0 Å². The number of ether oxygens (including phenoxy) is 1. The van der Waals surface area contributed by atoms with Crippen molar-refractivity contribution < 1.29 is 24.0 Å². The number of halogens is 1. The van der Waals surface area contributed by atoms with Gasteiger partial charge in [0.1, 0.15) is 5.75 Å². The van der Waals surface area contributed by atoms with Crippen molar-refractivity contribution in [1.29, 1.82) is 0 Å². The first kappa shape index (κ1) is 27.9. The summed E-state index contributed by atoms with van der Waals surface area (Å²) in [5.41, 5.74) is 3.56. The van der Waals surface area contributed by atoms with Crippen molar-refractivity contribution in [2.75, 3.05) is 30.3 Å². The van der Waals surface area contributed by atoms with Crippen molar-refractivity contribution in [2.45, 2.75) is 69.0 Å². The molecule has 6 rings (SSSR count). The average Bonchev–Trinajstić information content (AvgIpc) is 3.05. The highest BCUT2D eigenvalue weighted by Gasteiger charge is 2.44. The van der Waals surface area contributed by atoms with E-state index in [9.17, 15) is 19.2 Å². The molecule has 1 spiro atoms. The van der Waals surface area contributed by atoms with Crippen molar-refractivity contribution in [2.24, 2.45) is 11.8 Å². The lowest BCUT2D eigenvalue weighted by Crippen LogP contribution is -2.49. The number of aliphatic hydroxyl groups is 2. The Balaban J connectivity index is 1.40. The molecule has 9 heteroatoms. The molecule has 2 aromatic rings. The van der Waals surface area contributed by atoms with Gasteiger partial charge in [0.05, 0.1) is 24.5 Å². The highest BCUT2D eigenvalue weighted by Crippen LogP contribution is 2.47. The second kappa shape index (κ2) is 10.9. The number of benzene rings is 2. The summed E-state index contributed by atoms with van der Waals surface area (Å²) in [6.07, 6.45) is 4.98. The number of hydrogen-bond acceptors (Lipinski definition) is 6. The van der Waals surface area contributed by atoms with Crippen LogP contribution in [0, 0.1) is 11.8 Å². The minimum atomic E-state index is -2.94. The van der Waals surface area contributed by atoms with Crippen LogP contribution < -0.4 is 14.4 Å². The van der Waals surface area contributed by atoms with Gasteiger partial charge in [-0.25, -0.2) is 4.21 Å². The fourth-order valence-corrected chi connectivity index (χ4v) is 8.60. The molecule has 2 aliphatic heterocycles. The number of aryl methyl sites for hydroxylation is 1. The van der Waals surface area contributed by atoms with Gasteiger partial charge in [-0.3, -0.25) is 9.52 Å². The van der Waals surface area contributed by atoms with Gasteiger partial charge in [0, 0.05) is 44.6 Å². The van der Waals surface area contributed by atoms with Crippen LogP contribution in [0.2, 0.25) is 5.02 Å². The van der Waals surface area contributed by atoms with Crippen molar-refractivity contribution >= 4 is 38.8 Å². The summed E-state index contributed by atoms with van der Waals surface area (Å²) in [6.45, 7) is 1.99. The Kier molecular flexibility index (Phi) is 7.57. The van der Waals surface area contributed by atoms with Crippen LogP contribution in [0.5, 0.6) is 5.75 Å². The van der Waals surface area contributed by atoms with E-state index in [1.807, 2.05) is 18.2 Å². The van der Waals surface area contributed by atoms with E-state index in [0.717, 1.165) is 61.7 Å². The van der Waals surface area contributed by atoms with Gasteiger partial charge >= 0.3 is 0 Å². The van der Waals surface area contributed by atoms with E-state index in [-0.39, 0.29) is 23.5 Å². The van der Waals surface area contributed by atoms with Crippen molar-refractivity contribution in [1.82, 2.24) is 4.72 Å². The van der Waals surface area contributed by atoms with E-state index in [0.29, 0.717) is 30.9 Å². The average molecular weight is 587 g/mol. The fraction of sp³-hybridized carbons (Fsp3) is 0.548. The molecule has 2 bridgehead atoms.